The average Bonchev–Trinajstić information content (AvgIpc) is 2.66. The predicted molar refractivity (Wildman–Crippen MR) is 67.2 cm³/mol. The van der Waals surface area contributed by atoms with Crippen molar-refractivity contribution in [2.24, 2.45) is 5.92 Å². The molecule has 0 aromatic rings. The van der Waals surface area contributed by atoms with E-state index in [2.05, 4.69) is 31.1 Å². The molecule has 1 saturated carbocycles. The third kappa shape index (κ3) is 4.12. The van der Waals surface area contributed by atoms with E-state index in [0.717, 1.165) is 12.0 Å². The number of hydrogen-bond acceptors (Lipinski definition) is 2. The van der Waals surface area contributed by atoms with Crippen LogP contribution >= 0.6 is 0 Å². The Labute approximate surface area is 95.4 Å². The lowest BCUT2D eigenvalue weighted by Crippen LogP contribution is -2.38. The van der Waals surface area contributed by atoms with Crippen molar-refractivity contribution in [2.75, 3.05) is 26.7 Å². The first-order valence-electron chi connectivity index (χ1n) is 6.71. The van der Waals surface area contributed by atoms with Crippen molar-refractivity contribution in [3.63, 3.8) is 0 Å². The van der Waals surface area contributed by atoms with Gasteiger partial charge in [0.25, 0.3) is 0 Å². The summed E-state index contributed by atoms with van der Waals surface area (Å²) in [5, 5.41) is 3.48. The summed E-state index contributed by atoms with van der Waals surface area (Å²) in [4.78, 5) is 2.65. The van der Waals surface area contributed by atoms with Gasteiger partial charge in [-0.1, -0.05) is 20.3 Å². The molecular formula is C13H28N2. The fourth-order valence-corrected chi connectivity index (χ4v) is 2.89. The summed E-state index contributed by atoms with van der Waals surface area (Å²) in [6, 6.07) is 0.779. The first-order chi connectivity index (χ1) is 7.31. The molecule has 1 fully saturated rings. The summed E-state index contributed by atoms with van der Waals surface area (Å²) in [5.41, 5.74) is 0. The van der Waals surface area contributed by atoms with Crippen LogP contribution in [-0.2, 0) is 0 Å². The lowest BCUT2D eigenvalue weighted by Gasteiger charge is -2.28. The lowest BCUT2D eigenvalue weighted by molar-refractivity contribution is 0.216. The van der Waals surface area contributed by atoms with Crippen LogP contribution in [0.5, 0.6) is 0 Å². The molecule has 15 heavy (non-hydrogen) atoms. The standard InChI is InChI=1S/C13H28N2/c1-4-9-15(10-5-2)11-12-7-6-8-13(12)14-3/h12-14H,4-11H2,1-3H3. The molecule has 0 aromatic carbocycles. The van der Waals surface area contributed by atoms with Crippen molar-refractivity contribution in [3.05, 3.63) is 0 Å². The monoisotopic (exact) mass is 212 g/mol. The Morgan fingerprint density at radius 3 is 2.33 bits per heavy atom. The van der Waals surface area contributed by atoms with Gasteiger partial charge in [0.2, 0.25) is 0 Å². The smallest absolute Gasteiger partial charge is 0.0104 e. The van der Waals surface area contributed by atoms with Crippen LogP contribution in [0.15, 0.2) is 0 Å². The molecule has 0 radical (unpaired) electrons. The van der Waals surface area contributed by atoms with E-state index in [1.165, 1.54) is 51.7 Å². The summed E-state index contributed by atoms with van der Waals surface area (Å²) in [5.74, 6) is 0.896. The zero-order chi connectivity index (χ0) is 11.1. The molecule has 1 aliphatic carbocycles. The quantitative estimate of drug-likeness (QED) is 0.697. The molecule has 1 aliphatic rings. The summed E-state index contributed by atoms with van der Waals surface area (Å²) in [7, 11) is 2.12. The maximum Gasteiger partial charge on any atom is 0.0104 e. The van der Waals surface area contributed by atoms with Crippen LogP contribution in [0.25, 0.3) is 0 Å². The van der Waals surface area contributed by atoms with Gasteiger partial charge in [0.1, 0.15) is 0 Å². The van der Waals surface area contributed by atoms with Crippen molar-refractivity contribution in [1.29, 1.82) is 0 Å². The van der Waals surface area contributed by atoms with E-state index in [9.17, 15) is 0 Å². The molecule has 1 N–H and O–H groups in total. The van der Waals surface area contributed by atoms with Gasteiger partial charge >= 0.3 is 0 Å². The first kappa shape index (κ1) is 13.0. The highest BCUT2D eigenvalue weighted by atomic mass is 15.1. The Morgan fingerprint density at radius 2 is 1.80 bits per heavy atom. The molecule has 0 amide bonds. The molecule has 2 atom stereocenters. The van der Waals surface area contributed by atoms with E-state index in [1.54, 1.807) is 0 Å². The molecule has 2 nitrogen and oxygen atoms in total. The summed E-state index contributed by atoms with van der Waals surface area (Å²) >= 11 is 0. The number of hydrogen-bond donors (Lipinski definition) is 1. The molecule has 0 aromatic heterocycles. The molecule has 0 saturated heterocycles. The second-order valence-electron chi connectivity index (χ2n) is 4.89. The first-order valence-corrected chi connectivity index (χ1v) is 6.71. The third-order valence-electron chi connectivity index (χ3n) is 3.60. The van der Waals surface area contributed by atoms with Crippen LogP contribution in [0.1, 0.15) is 46.0 Å². The van der Waals surface area contributed by atoms with Gasteiger partial charge in [-0.05, 0) is 51.7 Å². The second-order valence-corrected chi connectivity index (χ2v) is 4.89. The zero-order valence-corrected chi connectivity index (χ0v) is 10.8. The summed E-state index contributed by atoms with van der Waals surface area (Å²) < 4.78 is 0. The second kappa shape index (κ2) is 7.24. The Balaban J connectivity index is 2.35. The molecule has 1 rings (SSSR count). The Hall–Kier alpha value is -0.0800. The SMILES string of the molecule is CCCN(CCC)CC1CCCC1NC. The molecule has 2 heteroatoms. The average molecular weight is 212 g/mol. The molecule has 90 valence electrons. The maximum atomic E-state index is 3.48. The van der Waals surface area contributed by atoms with Gasteiger partial charge in [-0.2, -0.15) is 0 Å². The van der Waals surface area contributed by atoms with E-state index in [0.29, 0.717) is 0 Å². The third-order valence-corrected chi connectivity index (χ3v) is 3.60. The predicted octanol–water partition coefficient (Wildman–Crippen LogP) is 2.50. The number of nitrogens with one attached hydrogen (secondary N) is 1. The van der Waals surface area contributed by atoms with Crippen molar-refractivity contribution >= 4 is 0 Å². The van der Waals surface area contributed by atoms with Gasteiger partial charge in [-0.15, -0.1) is 0 Å². The van der Waals surface area contributed by atoms with Gasteiger partial charge in [0.05, 0.1) is 0 Å². The van der Waals surface area contributed by atoms with Gasteiger partial charge < -0.3 is 10.2 Å². The van der Waals surface area contributed by atoms with Crippen molar-refractivity contribution in [1.82, 2.24) is 10.2 Å². The molecule has 0 spiro atoms. The minimum atomic E-state index is 0.779. The van der Waals surface area contributed by atoms with E-state index in [1.807, 2.05) is 0 Å². The number of nitrogens with zero attached hydrogens (tertiary/aromatic N) is 1. The molecule has 2 unspecified atom stereocenters. The van der Waals surface area contributed by atoms with E-state index in [4.69, 9.17) is 0 Å². The van der Waals surface area contributed by atoms with Crippen LogP contribution in [0, 0.1) is 5.92 Å². The van der Waals surface area contributed by atoms with Gasteiger partial charge in [-0.25, -0.2) is 0 Å². The molecular weight excluding hydrogens is 184 g/mol. The highest BCUT2D eigenvalue weighted by Crippen LogP contribution is 2.26. The Morgan fingerprint density at radius 1 is 1.13 bits per heavy atom. The van der Waals surface area contributed by atoms with Gasteiger partial charge in [0.15, 0.2) is 0 Å². The van der Waals surface area contributed by atoms with Crippen LogP contribution < -0.4 is 5.32 Å². The van der Waals surface area contributed by atoms with Gasteiger partial charge in [0, 0.05) is 12.6 Å². The lowest BCUT2D eigenvalue weighted by atomic mass is 10.0. The zero-order valence-electron chi connectivity index (χ0n) is 10.8. The van der Waals surface area contributed by atoms with Crippen LogP contribution in [0.4, 0.5) is 0 Å². The Bertz CT molecular complexity index is 153. The van der Waals surface area contributed by atoms with Crippen molar-refractivity contribution < 1.29 is 0 Å². The molecule has 0 aliphatic heterocycles. The van der Waals surface area contributed by atoms with Crippen LogP contribution in [0.2, 0.25) is 0 Å². The minimum Gasteiger partial charge on any atom is -0.317 e. The highest BCUT2D eigenvalue weighted by molar-refractivity contribution is 4.84. The molecule has 0 bridgehead atoms. The van der Waals surface area contributed by atoms with E-state index in [-0.39, 0.29) is 0 Å². The fourth-order valence-electron chi connectivity index (χ4n) is 2.89. The van der Waals surface area contributed by atoms with Crippen LogP contribution in [-0.4, -0.2) is 37.6 Å². The topological polar surface area (TPSA) is 15.3 Å². The largest absolute Gasteiger partial charge is 0.317 e. The highest BCUT2D eigenvalue weighted by Gasteiger charge is 2.26. The maximum absolute atomic E-state index is 3.48. The van der Waals surface area contributed by atoms with E-state index < -0.39 is 0 Å². The Kier molecular flexibility index (Phi) is 6.26. The van der Waals surface area contributed by atoms with E-state index >= 15 is 0 Å². The van der Waals surface area contributed by atoms with Crippen molar-refractivity contribution in [2.45, 2.75) is 52.0 Å². The summed E-state index contributed by atoms with van der Waals surface area (Å²) in [6.07, 6.45) is 6.80. The van der Waals surface area contributed by atoms with Crippen LogP contribution in [0.3, 0.4) is 0 Å². The normalized spacial score (nSPS) is 26.4. The summed E-state index contributed by atoms with van der Waals surface area (Å²) in [6.45, 7) is 8.44. The van der Waals surface area contributed by atoms with Crippen molar-refractivity contribution in [3.8, 4) is 0 Å². The van der Waals surface area contributed by atoms with Gasteiger partial charge in [-0.3, -0.25) is 0 Å². The fraction of sp³-hybridized carbons (Fsp3) is 1.00. The molecule has 0 heterocycles. The minimum absolute atomic E-state index is 0.779. The number of rotatable bonds is 7.